The van der Waals surface area contributed by atoms with Crippen molar-refractivity contribution in [2.24, 2.45) is 5.92 Å². The van der Waals surface area contributed by atoms with Crippen LogP contribution in [0.2, 0.25) is 0 Å². The molecule has 1 aliphatic rings. The zero-order chi connectivity index (χ0) is 14.4. The molecule has 0 aromatic carbocycles. The summed E-state index contributed by atoms with van der Waals surface area (Å²) in [6.07, 6.45) is 4.55. The predicted octanol–water partition coefficient (Wildman–Crippen LogP) is 3.64. The molecule has 112 valence electrons. The van der Waals surface area contributed by atoms with Crippen molar-refractivity contribution in [2.45, 2.75) is 38.5 Å². The number of aryl methyl sites for hydroxylation is 1. The van der Waals surface area contributed by atoms with Gasteiger partial charge in [0.2, 0.25) is 0 Å². The van der Waals surface area contributed by atoms with Gasteiger partial charge in [-0.2, -0.15) is 0 Å². The first-order valence-electron chi connectivity index (χ1n) is 7.57. The van der Waals surface area contributed by atoms with Gasteiger partial charge in [0.25, 0.3) is 0 Å². The fraction of sp³-hybridized carbons (Fsp3) is 0.688. The molecule has 0 N–H and O–H groups in total. The maximum atomic E-state index is 6.00. The second-order valence-electron chi connectivity index (χ2n) is 5.67. The molecule has 1 unspecified atom stereocenters. The fourth-order valence-electron chi connectivity index (χ4n) is 2.72. The number of pyridine rings is 1. The lowest BCUT2D eigenvalue weighted by Crippen LogP contribution is -2.31. The van der Waals surface area contributed by atoms with Crippen LogP contribution in [0.1, 0.15) is 37.4 Å². The largest absolute Gasteiger partial charge is 0.381 e. The monoisotopic (exact) mass is 296 g/mol. The van der Waals surface area contributed by atoms with Crippen LogP contribution in [0.3, 0.4) is 0 Å². The van der Waals surface area contributed by atoms with E-state index in [2.05, 4.69) is 31.0 Å². The van der Waals surface area contributed by atoms with Crippen molar-refractivity contribution in [1.29, 1.82) is 0 Å². The topological polar surface area (TPSA) is 25.4 Å². The Bertz CT molecular complexity index is 419. The van der Waals surface area contributed by atoms with Crippen molar-refractivity contribution < 1.29 is 4.74 Å². The molecular weight excluding hydrogens is 272 g/mol. The number of ether oxygens (including phenoxy) is 1. The van der Waals surface area contributed by atoms with Gasteiger partial charge in [-0.1, -0.05) is 13.3 Å². The SMILES string of the molecule is CCCc1cc(CCl)cc(N(C)CC2CCCOC2)n1. The first-order chi connectivity index (χ1) is 9.72. The molecule has 0 bridgehead atoms. The standard InChI is InChI=1S/C16H25ClN2O/c1-3-5-15-8-14(10-17)9-16(18-15)19(2)11-13-6-4-7-20-12-13/h8-9,13H,3-7,10-12H2,1-2H3. The Morgan fingerprint density at radius 1 is 1.45 bits per heavy atom. The maximum Gasteiger partial charge on any atom is 0.128 e. The molecule has 1 aromatic heterocycles. The number of nitrogens with zero attached hydrogens (tertiary/aromatic N) is 2. The summed E-state index contributed by atoms with van der Waals surface area (Å²) in [6.45, 7) is 4.98. The van der Waals surface area contributed by atoms with Gasteiger partial charge in [0.1, 0.15) is 5.82 Å². The molecule has 0 amide bonds. The highest BCUT2D eigenvalue weighted by Crippen LogP contribution is 2.20. The Balaban J connectivity index is 2.06. The van der Waals surface area contributed by atoms with Crippen LogP contribution in [0.25, 0.3) is 0 Å². The smallest absolute Gasteiger partial charge is 0.128 e. The lowest BCUT2D eigenvalue weighted by Gasteiger charge is -2.28. The van der Waals surface area contributed by atoms with Crippen molar-refractivity contribution in [2.75, 3.05) is 31.7 Å². The molecule has 2 heterocycles. The number of aromatic nitrogens is 1. The molecular formula is C16H25ClN2O. The minimum atomic E-state index is 0.548. The number of rotatable bonds is 6. The second-order valence-corrected chi connectivity index (χ2v) is 5.94. The molecule has 0 spiro atoms. The van der Waals surface area contributed by atoms with E-state index in [1.54, 1.807) is 0 Å². The highest BCUT2D eigenvalue weighted by Gasteiger charge is 2.17. The summed E-state index contributed by atoms with van der Waals surface area (Å²) in [7, 11) is 2.12. The van der Waals surface area contributed by atoms with Crippen LogP contribution in [-0.4, -0.2) is 31.8 Å². The third-order valence-corrected chi connectivity index (χ3v) is 4.07. The van der Waals surface area contributed by atoms with E-state index in [9.17, 15) is 0 Å². The van der Waals surface area contributed by atoms with Gasteiger partial charge in [0.05, 0.1) is 6.61 Å². The number of anilines is 1. The summed E-state index contributed by atoms with van der Waals surface area (Å²) in [6, 6.07) is 4.23. The van der Waals surface area contributed by atoms with E-state index < -0.39 is 0 Å². The van der Waals surface area contributed by atoms with Gasteiger partial charge in [-0.25, -0.2) is 4.98 Å². The molecule has 4 heteroatoms. The Kier molecular flexibility index (Phi) is 6.11. The van der Waals surface area contributed by atoms with Crippen LogP contribution in [0, 0.1) is 5.92 Å². The van der Waals surface area contributed by atoms with E-state index in [4.69, 9.17) is 21.3 Å². The Hall–Kier alpha value is -0.800. The van der Waals surface area contributed by atoms with Crippen LogP contribution >= 0.6 is 11.6 Å². The average Bonchev–Trinajstić information content (AvgIpc) is 2.48. The van der Waals surface area contributed by atoms with E-state index in [1.165, 1.54) is 12.8 Å². The summed E-state index contributed by atoms with van der Waals surface area (Å²) in [5.41, 5.74) is 2.30. The number of hydrogen-bond acceptors (Lipinski definition) is 3. The third kappa shape index (κ3) is 4.35. The first kappa shape index (κ1) is 15.6. The van der Waals surface area contributed by atoms with Gasteiger partial charge in [0, 0.05) is 31.8 Å². The van der Waals surface area contributed by atoms with Gasteiger partial charge in [0.15, 0.2) is 0 Å². The number of hydrogen-bond donors (Lipinski definition) is 0. The lowest BCUT2D eigenvalue weighted by atomic mass is 10.0. The highest BCUT2D eigenvalue weighted by atomic mass is 35.5. The van der Waals surface area contributed by atoms with Gasteiger partial charge in [-0.3, -0.25) is 0 Å². The molecule has 1 atom stereocenters. The minimum Gasteiger partial charge on any atom is -0.381 e. The highest BCUT2D eigenvalue weighted by molar-refractivity contribution is 6.17. The second kappa shape index (κ2) is 7.84. The number of alkyl halides is 1. The Morgan fingerprint density at radius 2 is 2.30 bits per heavy atom. The van der Waals surface area contributed by atoms with Crippen LogP contribution in [0.5, 0.6) is 0 Å². The van der Waals surface area contributed by atoms with E-state index in [0.717, 1.165) is 49.7 Å². The van der Waals surface area contributed by atoms with E-state index in [0.29, 0.717) is 11.8 Å². The van der Waals surface area contributed by atoms with Crippen LogP contribution in [0.15, 0.2) is 12.1 Å². The quantitative estimate of drug-likeness (QED) is 0.750. The van der Waals surface area contributed by atoms with E-state index >= 15 is 0 Å². The normalized spacial score (nSPS) is 19.1. The van der Waals surface area contributed by atoms with Gasteiger partial charge in [-0.15, -0.1) is 11.6 Å². The van der Waals surface area contributed by atoms with Gasteiger partial charge in [-0.05, 0) is 42.9 Å². The summed E-state index contributed by atoms with van der Waals surface area (Å²) >= 11 is 6.00. The fourth-order valence-corrected chi connectivity index (χ4v) is 2.88. The summed E-state index contributed by atoms with van der Waals surface area (Å²) in [4.78, 5) is 7.01. The average molecular weight is 297 g/mol. The van der Waals surface area contributed by atoms with Crippen molar-refractivity contribution in [3.8, 4) is 0 Å². The molecule has 1 saturated heterocycles. The molecule has 2 rings (SSSR count). The summed E-state index contributed by atoms with van der Waals surface area (Å²) in [5, 5.41) is 0. The molecule has 0 radical (unpaired) electrons. The molecule has 0 aliphatic carbocycles. The Labute approximate surface area is 127 Å². The minimum absolute atomic E-state index is 0.548. The molecule has 3 nitrogen and oxygen atoms in total. The molecule has 1 aliphatic heterocycles. The zero-order valence-corrected chi connectivity index (χ0v) is 13.3. The number of halogens is 1. The van der Waals surface area contributed by atoms with Crippen molar-refractivity contribution >= 4 is 17.4 Å². The van der Waals surface area contributed by atoms with Crippen molar-refractivity contribution in [3.63, 3.8) is 0 Å². The maximum absolute atomic E-state index is 6.00. The van der Waals surface area contributed by atoms with Gasteiger partial charge < -0.3 is 9.64 Å². The van der Waals surface area contributed by atoms with Crippen molar-refractivity contribution in [1.82, 2.24) is 4.98 Å². The van der Waals surface area contributed by atoms with E-state index in [-0.39, 0.29) is 0 Å². The van der Waals surface area contributed by atoms with Crippen LogP contribution in [-0.2, 0) is 17.0 Å². The predicted molar refractivity (Wildman–Crippen MR) is 84.6 cm³/mol. The Morgan fingerprint density at radius 3 is 2.95 bits per heavy atom. The summed E-state index contributed by atoms with van der Waals surface area (Å²) < 4.78 is 5.56. The summed E-state index contributed by atoms with van der Waals surface area (Å²) in [5.74, 6) is 2.20. The molecule has 20 heavy (non-hydrogen) atoms. The van der Waals surface area contributed by atoms with Crippen molar-refractivity contribution in [3.05, 3.63) is 23.4 Å². The molecule has 1 aromatic rings. The molecule has 1 fully saturated rings. The zero-order valence-electron chi connectivity index (χ0n) is 12.6. The van der Waals surface area contributed by atoms with Crippen LogP contribution in [0.4, 0.5) is 5.82 Å². The third-order valence-electron chi connectivity index (χ3n) is 3.76. The van der Waals surface area contributed by atoms with Crippen LogP contribution < -0.4 is 4.90 Å². The first-order valence-corrected chi connectivity index (χ1v) is 8.11. The molecule has 0 saturated carbocycles. The van der Waals surface area contributed by atoms with E-state index in [1.807, 2.05) is 0 Å². The lowest BCUT2D eigenvalue weighted by molar-refractivity contribution is 0.0576. The van der Waals surface area contributed by atoms with Gasteiger partial charge >= 0.3 is 0 Å².